The normalized spacial score (nSPS) is 48.5. The SMILES string of the molecule is CCCC1=C[C@@]2(C)CC[C@@H]3[C@@H](CCN4C(C)C(=O)CC[C@]34C)[C@@H]2C1. The van der Waals surface area contributed by atoms with Crippen LogP contribution in [0.2, 0.25) is 0 Å². The van der Waals surface area contributed by atoms with Crippen LogP contribution in [0.1, 0.15) is 79.1 Å². The number of ketones is 1. The maximum atomic E-state index is 12.2. The minimum absolute atomic E-state index is 0.148. The number of Topliss-reactive ketones (excluding diaryl/α,β-unsaturated/α-hetero) is 1. The molecule has 2 aliphatic heterocycles. The molecule has 2 nitrogen and oxygen atoms in total. The van der Waals surface area contributed by atoms with E-state index in [9.17, 15) is 4.79 Å². The van der Waals surface area contributed by atoms with Gasteiger partial charge in [0.2, 0.25) is 0 Å². The zero-order valence-corrected chi connectivity index (χ0v) is 16.1. The highest BCUT2D eigenvalue weighted by molar-refractivity contribution is 5.84. The van der Waals surface area contributed by atoms with Gasteiger partial charge >= 0.3 is 0 Å². The van der Waals surface area contributed by atoms with E-state index >= 15 is 0 Å². The summed E-state index contributed by atoms with van der Waals surface area (Å²) in [6.45, 7) is 10.6. The third-order valence-electron chi connectivity index (χ3n) is 8.43. The van der Waals surface area contributed by atoms with Crippen molar-refractivity contribution in [3.8, 4) is 0 Å². The van der Waals surface area contributed by atoms with Gasteiger partial charge in [-0.15, -0.1) is 0 Å². The smallest absolute Gasteiger partial charge is 0.149 e. The van der Waals surface area contributed by atoms with Gasteiger partial charge in [-0.2, -0.15) is 0 Å². The summed E-state index contributed by atoms with van der Waals surface area (Å²) in [6, 6.07) is 0.148. The van der Waals surface area contributed by atoms with Crippen LogP contribution in [-0.2, 0) is 4.79 Å². The van der Waals surface area contributed by atoms with Crippen molar-refractivity contribution in [2.24, 2.45) is 23.2 Å². The maximum absolute atomic E-state index is 12.2. The fourth-order valence-corrected chi connectivity index (χ4v) is 7.16. The highest BCUT2D eigenvalue weighted by Crippen LogP contribution is 2.61. The van der Waals surface area contributed by atoms with Crippen LogP contribution in [0.3, 0.4) is 0 Å². The first-order valence-corrected chi connectivity index (χ1v) is 10.4. The lowest BCUT2D eigenvalue weighted by atomic mass is 9.52. The quantitative estimate of drug-likeness (QED) is 0.666. The zero-order valence-electron chi connectivity index (χ0n) is 16.1. The first-order chi connectivity index (χ1) is 11.4. The van der Waals surface area contributed by atoms with E-state index in [1.165, 1.54) is 38.5 Å². The summed E-state index contributed by atoms with van der Waals surface area (Å²) in [6.07, 6.45) is 12.6. The minimum atomic E-state index is 0.148. The second-order valence-corrected chi connectivity index (χ2v) is 9.66. The van der Waals surface area contributed by atoms with Gasteiger partial charge in [0.05, 0.1) is 6.04 Å². The number of carbonyl (C=O) groups excluding carboxylic acids is 1. The molecule has 0 aromatic heterocycles. The van der Waals surface area contributed by atoms with Gasteiger partial charge < -0.3 is 0 Å². The summed E-state index contributed by atoms with van der Waals surface area (Å²) >= 11 is 0. The Labute approximate surface area is 148 Å². The molecule has 0 radical (unpaired) electrons. The summed E-state index contributed by atoms with van der Waals surface area (Å²) in [5, 5.41) is 0. The highest BCUT2D eigenvalue weighted by Gasteiger charge is 2.58. The molecule has 3 fully saturated rings. The lowest BCUT2D eigenvalue weighted by Crippen LogP contribution is -2.67. The van der Waals surface area contributed by atoms with Gasteiger partial charge in [-0.05, 0) is 82.1 Å². The number of fused-ring (bicyclic) bond motifs is 5. The molecular formula is C22H35NO. The van der Waals surface area contributed by atoms with E-state index in [1.807, 2.05) is 0 Å². The lowest BCUT2D eigenvalue weighted by molar-refractivity contribution is -0.150. The van der Waals surface area contributed by atoms with Crippen LogP contribution in [0.15, 0.2) is 11.6 Å². The number of hydrogen-bond acceptors (Lipinski definition) is 2. The molecule has 6 atom stereocenters. The Morgan fingerprint density at radius 3 is 2.75 bits per heavy atom. The van der Waals surface area contributed by atoms with Crippen LogP contribution < -0.4 is 0 Å². The Morgan fingerprint density at radius 2 is 2.00 bits per heavy atom. The summed E-state index contributed by atoms with van der Waals surface area (Å²) in [7, 11) is 0. The molecule has 134 valence electrons. The van der Waals surface area contributed by atoms with Crippen molar-refractivity contribution in [1.29, 1.82) is 0 Å². The van der Waals surface area contributed by atoms with E-state index in [4.69, 9.17) is 0 Å². The third kappa shape index (κ3) is 2.28. The number of rotatable bonds is 2. The highest BCUT2D eigenvalue weighted by atomic mass is 16.1. The molecule has 24 heavy (non-hydrogen) atoms. The van der Waals surface area contributed by atoms with Gasteiger partial charge in [0.1, 0.15) is 5.78 Å². The average molecular weight is 330 g/mol. The fourth-order valence-electron chi connectivity index (χ4n) is 7.16. The van der Waals surface area contributed by atoms with Crippen molar-refractivity contribution >= 4 is 5.78 Å². The van der Waals surface area contributed by atoms with Crippen molar-refractivity contribution in [2.75, 3.05) is 6.54 Å². The summed E-state index contributed by atoms with van der Waals surface area (Å²) in [4.78, 5) is 14.8. The van der Waals surface area contributed by atoms with E-state index in [2.05, 4.69) is 38.7 Å². The van der Waals surface area contributed by atoms with Crippen LogP contribution in [-0.4, -0.2) is 28.8 Å². The zero-order chi connectivity index (χ0) is 17.1. The molecule has 4 aliphatic rings. The molecule has 2 saturated heterocycles. The molecular weight excluding hydrogens is 294 g/mol. The second kappa shape index (κ2) is 5.69. The van der Waals surface area contributed by atoms with Gasteiger partial charge in [0.25, 0.3) is 0 Å². The average Bonchev–Trinajstić information content (AvgIpc) is 2.88. The van der Waals surface area contributed by atoms with Gasteiger partial charge in [-0.3, -0.25) is 9.69 Å². The lowest BCUT2D eigenvalue weighted by Gasteiger charge is -2.62. The summed E-state index contributed by atoms with van der Waals surface area (Å²) in [5.41, 5.74) is 2.47. The van der Waals surface area contributed by atoms with Gasteiger partial charge in [0.15, 0.2) is 0 Å². The van der Waals surface area contributed by atoms with Crippen molar-refractivity contribution in [3.05, 3.63) is 11.6 Å². The molecule has 2 heterocycles. The molecule has 0 amide bonds. The van der Waals surface area contributed by atoms with Gasteiger partial charge in [0, 0.05) is 12.0 Å². The van der Waals surface area contributed by atoms with Crippen molar-refractivity contribution < 1.29 is 4.79 Å². The van der Waals surface area contributed by atoms with E-state index in [1.54, 1.807) is 5.57 Å². The monoisotopic (exact) mass is 329 g/mol. The van der Waals surface area contributed by atoms with Crippen LogP contribution >= 0.6 is 0 Å². The molecule has 0 spiro atoms. The first-order valence-electron chi connectivity index (χ1n) is 10.4. The van der Waals surface area contributed by atoms with Crippen LogP contribution in [0.4, 0.5) is 0 Å². The van der Waals surface area contributed by atoms with Crippen molar-refractivity contribution in [2.45, 2.75) is 90.6 Å². The molecule has 0 N–H and O–H groups in total. The molecule has 1 saturated carbocycles. The molecule has 2 aliphatic carbocycles. The topological polar surface area (TPSA) is 20.3 Å². The van der Waals surface area contributed by atoms with Crippen molar-refractivity contribution in [1.82, 2.24) is 4.90 Å². The van der Waals surface area contributed by atoms with E-state index in [0.717, 1.165) is 37.1 Å². The Kier molecular flexibility index (Phi) is 3.99. The Bertz CT molecular complexity index is 566. The van der Waals surface area contributed by atoms with Crippen LogP contribution in [0.25, 0.3) is 0 Å². The molecule has 0 aromatic rings. The fraction of sp³-hybridized carbons (Fsp3) is 0.864. The maximum Gasteiger partial charge on any atom is 0.149 e. The third-order valence-corrected chi connectivity index (χ3v) is 8.43. The molecule has 1 unspecified atom stereocenters. The van der Waals surface area contributed by atoms with E-state index in [-0.39, 0.29) is 11.6 Å². The Morgan fingerprint density at radius 1 is 1.21 bits per heavy atom. The number of carbonyl (C=O) groups is 1. The first kappa shape index (κ1) is 16.8. The number of hydrogen-bond donors (Lipinski definition) is 0. The predicted molar refractivity (Wildman–Crippen MR) is 98.9 cm³/mol. The Balaban J connectivity index is 1.61. The van der Waals surface area contributed by atoms with Gasteiger partial charge in [-0.25, -0.2) is 0 Å². The van der Waals surface area contributed by atoms with Gasteiger partial charge in [-0.1, -0.05) is 31.9 Å². The minimum Gasteiger partial charge on any atom is -0.298 e. The number of nitrogens with zero attached hydrogens (tertiary/aromatic N) is 1. The van der Waals surface area contributed by atoms with Crippen LogP contribution in [0.5, 0.6) is 0 Å². The van der Waals surface area contributed by atoms with Crippen molar-refractivity contribution in [3.63, 3.8) is 0 Å². The summed E-state index contributed by atoms with van der Waals surface area (Å²) < 4.78 is 0. The number of allylic oxidation sites excluding steroid dienone is 2. The van der Waals surface area contributed by atoms with Crippen LogP contribution in [0, 0.1) is 23.2 Å². The molecule has 0 bridgehead atoms. The molecule has 4 rings (SSSR count). The second-order valence-electron chi connectivity index (χ2n) is 9.66. The number of piperidine rings is 2. The standard InChI is InChI=1S/C22H35NO/c1-5-6-16-13-19-17-9-12-23-15(2)20(24)8-11-22(23,4)18(17)7-10-21(19,3)14-16/h14-15,17-19H,5-13H2,1-4H3/t15?,17-,18-,19+,21-,22-/m1/s1. The summed E-state index contributed by atoms with van der Waals surface area (Å²) in [5.74, 6) is 3.01. The molecule has 2 heteroatoms. The molecule has 0 aromatic carbocycles. The van der Waals surface area contributed by atoms with E-state index < -0.39 is 0 Å². The Hall–Kier alpha value is -0.630. The largest absolute Gasteiger partial charge is 0.298 e. The van der Waals surface area contributed by atoms with E-state index in [0.29, 0.717) is 11.2 Å². The predicted octanol–water partition coefficient (Wildman–Crippen LogP) is 4.98.